The number of pyridine rings is 1. The Morgan fingerprint density at radius 1 is 1.22 bits per heavy atom. The maximum absolute atomic E-state index is 14.0. The van der Waals surface area contributed by atoms with Gasteiger partial charge in [0.05, 0.1) is 23.0 Å². The van der Waals surface area contributed by atoms with E-state index in [0.717, 1.165) is 18.3 Å². The standard InChI is InChI=1S/C22H20F4N4O2/c1-21(2,32)13-7-12(8-14(23)9-13)20(31)28-17-3-4-18-16(17)11-30(29-18)15-5-6-27-19(10-15)22(24,25)26/h5-11,17,32H,3-4H2,1-2H3,(H,28,31)/t17-/m1/s1. The molecular formula is C22H20F4N4O2. The first-order chi connectivity index (χ1) is 14.9. The number of aryl methyl sites for hydroxylation is 1. The first-order valence-corrected chi connectivity index (χ1v) is 9.88. The lowest BCUT2D eigenvalue weighted by atomic mass is 9.96. The van der Waals surface area contributed by atoms with E-state index in [2.05, 4.69) is 15.4 Å². The van der Waals surface area contributed by atoms with E-state index in [1.165, 1.54) is 36.7 Å². The van der Waals surface area contributed by atoms with Crippen LogP contribution in [-0.4, -0.2) is 25.8 Å². The largest absolute Gasteiger partial charge is 0.433 e. The minimum Gasteiger partial charge on any atom is -0.386 e. The molecule has 1 atom stereocenters. The molecule has 10 heteroatoms. The zero-order valence-corrected chi connectivity index (χ0v) is 17.2. The monoisotopic (exact) mass is 448 g/mol. The molecule has 1 aliphatic carbocycles. The molecular weight excluding hydrogens is 428 g/mol. The van der Waals surface area contributed by atoms with E-state index in [4.69, 9.17) is 0 Å². The molecule has 2 aromatic heterocycles. The Bertz CT molecular complexity index is 1180. The Morgan fingerprint density at radius 3 is 2.66 bits per heavy atom. The Hall–Kier alpha value is -3.27. The maximum atomic E-state index is 14.0. The van der Waals surface area contributed by atoms with Crippen molar-refractivity contribution in [2.75, 3.05) is 0 Å². The van der Waals surface area contributed by atoms with Crippen molar-refractivity contribution in [1.29, 1.82) is 0 Å². The summed E-state index contributed by atoms with van der Waals surface area (Å²) in [5.74, 6) is -1.17. The number of hydrogen-bond acceptors (Lipinski definition) is 4. The van der Waals surface area contributed by atoms with Gasteiger partial charge in [-0.2, -0.15) is 18.3 Å². The van der Waals surface area contributed by atoms with Gasteiger partial charge in [-0.1, -0.05) is 0 Å². The Morgan fingerprint density at radius 2 is 1.97 bits per heavy atom. The zero-order chi connectivity index (χ0) is 23.3. The van der Waals surface area contributed by atoms with E-state index in [-0.39, 0.29) is 16.8 Å². The second-order valence-electron chi connectivity index (χ2n) is 8.23. The molecule has 2 heterocycles. The molecule has 0 saturated carbocycles. The lowest BCUT2D eigenvalue weighted by Crippen LogP contribution is -2.28. The molecule has 3 aromatic rings. The molecule has 0 aliphatic heterocycles. The number of halogens is 4. The molecule has 0 fully saturated rings. The molecule has 0 radical (unpaired) electrons. The average molecular weight is 448 g/mol. The summed E-state index contributed by atoms with van der Waals surface area (Å²) in [6, 6.07) is 5.56. The summed E-state index contributed by atoms with van der Waals surface area (Å²) in [4.78, 5) is 16.1. The van der Waals surface area contributed by atoms with Crippen LogP contribution in [-0.2, 0) is 18.2 Å². The predicted octanol–water partition coefficient (Wildman–Crippen LogP) is 4.07. The molecule has 1 aliphatic rings. The fourth-order valence-electron chi connectivity index (χ4n) is 3.66. The van der Waals surface area contributed by atoms with Crippen LogP contribution in [0.4, 0.5) is 17.6 Å². The van der Waals surface area contributed by atoms with Gasteiger partial charge < -0.3 is 10.4 Å². The SMILES string of the molecule is CC(C)(O)c1cc(F)cc(C(=O)N[C@@H]2CCc3nn(-c4ccnc(C(F)(F)F)c4)cc32)c1. The fraction of sp³-hybridized carbons (Fsp3) is 0.318. The van der Waals surface area contributed by atoms with Crippen molar-refractivity contribution in [2.24, 2.45) is 0 Å². The third-order valence-electron chi connectivity index (χ3n) is 5.34. The third kappa shape index (κ3) is 4.36. The summed E-state index contributed by atoms with van der Waals surface area (Å²) < 4.78 is 54.2. The zero-order valence-electron chi connectivity index (χ0n) is 17.2. The number of rotatable bonds is 4. The van der Waals surface area contributed by atoms with Gasteiger partial charge in [0.1, 0.15) is 11.5 Å². The number of aliphatic hydroxyl groups is 1. The first-order valence-electron chi connectivity index (χ1n) is 9.88. The number of carbonyl (C=O) groups is 1. The molecule has 2 N–H and O–H groups in total. The molecule has 0 spiro atoms. The number of carbonyl (C=O) groups excluding carboxylic acids is 1. The van der Waals surface area contributed by atoms with Gasteiger partial charge in [-0.15, -0.1) is 0 Å². The minimum absolute atomic E-state index is 0.0620. The molecule has 1 aromatic carbocycles. The number of fused-ring (bicyclic) bond motifs is 1. The van der Waals surface area contributed by atoms with E-state index in [1.807, 2.05) is 0 Å². The van der Waals surface area contributed by atoms with Crippen LogP contribution in [0.15, 0.2) is 42.7 Å². The lowest BCUT2D eigenvalue weighted by molar-refractivity contribution is -0.141. The highest BCUT2D eigenvalue weighted by molar-refractivity contribution is 5.94. The minimum atomic E-state index is -4.57. The number of hydrogen-bond donors (Lipinski definition) is 2. The van der Waals surface area contributed by atoms with E-state index in [0.29, 0.717) is 24.1 Å². The van der Waals surface area contributed by atoms with E-state index >= 15 is 0 Å². The third-order valence-corrected chi connectivity index (χ3v) is 5.34. The highest BCUT2D eigenvalue weighted by Crippen LogP contribution is 2.33. The number of amides is 1. The second kappa shape index (κ2) is 7.70. The molecule has 168 valence electrons. The number of aromatic nitrogens is 3. The van der Waals surface area contributed by atoms with Gasteiger partial charge in [-0.25, -0.2) is 9.07 Å². The van der Waals surface area contributed by atoms with E-state index < -0.39 is 35.2 Å². The van der Waals surface area contributed by atoms with Gasteiger partial charge in [-0.05, 0) is 62.6 Å². The van der Waals surface area contributed by atoms with Crippen molar-refractivity contribution in [3.05, 3.63) is 76.6 Å². The van der Waals surface area contributed by atoms with Crippen molar-refractivity contribution in [3.8, 4) is 5.69 Å². The van der Waals surface area contributed by atoms with Crippen molar-refractivity contribution >= 4 is 5.91 Å². The van der Waals surface area contributed by atoms with Gasteiger partial charge >= 0.3 is 6.18 Å². The van der Waals surface area contributed by atoms with Crippen LogP contribution in [0.2, 0.25) is 0 Å². The quantitative estimate of drug-likeness (QED) is 0.590. The summed E-state index contributed by atoms with van der Waals surface area (Å²) >= 11 is 0. The second-order valence-corrected chi connectivity index (χ2v) is 8.23. The van der Waals surface area contributed by atoms with Crippen molar-refractivity contribution in [3.63, 3.8) is 0 Å². The van der Waals surface area contributed by atoms with Gasteiger partial charge in [0.15, 0.2) is 0 Å². The number of benzene rings is 1. The Labute approximate surface area is 180 Å². The first kappa shape index (κ1) is 21.9. The van der Waals surface area contributed by atoms with Crippen LogP contribution >= 0.6 is 0 Å². The molecule has 0 saturated heterocycles. The van der Waals surface area contributed by atoms with Crippen LogP contribution in [0.1, 0.15) is 59.2 Å². The molecule has 0 bridgehead atoms. The van der Waals surface area contributed by atoms with Gasteiger partial charge in [0.2, 0.25) is 0 Å². The summed E-state index contributed by atoms with van der Waals surface area (Å²) in [6.45, 7) is 2.98. The molecule has 0 unspecified atom stereocenters. The van der Waals surface area contributed by atoms with Gasteiger partial charge in [0, 0.05) is 23.5 Å². The Balaban J connectivity index is 1.57. The van der Waals surface area contributed by atoms with E-state index in [1.54, 1.807) is 6.20 Å². The molecule has 6 nitrogen and oxygen atoms in total. The van der Waals surface area contributed by atoms with Crippen molar-refractivity contribution < 1.29 is 27.5 Å². The molecule has 1 amide bonds. The van der Waals surface area contributed by atoms with Crippen LogP contribution < -0.4 is 5.32 Å². The van der Waals surface area contributed by atoms with Gasteiger partial charge in [0.25, 0.3) is 5.91 Å². The van der Waals surface area contributed by atoms with Crippen LogP contribution in [0.5, 0.6) is 0 Å². The van der Waals surface area contributed by atoms with Crippen LogP contribution in [0.25, 0.3) is 5.69 Å². The van der Waals surface area contributed by atoms with Crippen molar-refractivity contribution in [1.82, 2.24) is 20.1 Å². The topological polar surface area (TPSA) is 80.0 Å². The summed E-state index contributed by atoms with van der Waals surface area (Å²) in [7, 11) is 0. The predicted molar refractivity (Wildman–Crippen MR) is 107 cm³/mol. The van der Waals surface area contributed by atoms with Crippen molar-refractivity contribution in [2.45, 2.75) is 44.5 Å². The average Bonchev–Trinajstić information content (AvgIpc) is 3.28. The molecule has 4 rings (SSSR count). The normalized spacial score (nSPS) is 16.2. The number of nitrogens with one attached hydrogen (secondary N) is 1. The molecule has 32 heavy (non-hydrogen) atoms. The summed E-state index contributed by atoms with van der Waals surface area (Å²) in [5, 5.41) is 17.3. The summed E-state index contributed by atoms with van der Waals surface area (Å²) in [6.07, 6.45) is -0.842. The highest BCUT2D eigenvalue weighted by atomic mass is 19.4. The Kier molecular flexibility index (Phi) is 5.28. The van der Waals surface area contributed by atoms with Crippen LogP contribution in [0, 0.1) is 5.82 Å². The van der Waals surface area contributed by atoms with Crippen LogP contribution in [0.3, 0.4) is 0 Å². The fourth-order valence-corrected chi connectivity index (χ4v) is 3.66. The van der Waals surface area contributed by atoms with E-state index in [9.17, 15) is 27.5 Å². The summed E-state index contributed by atoms with van der Waals surface area (Å²) in [5.41, 5.74) is -0.470. The number of nitrogens with zero attached hydrogens (tertiary/aromatic N) is 3. The lowest BCUT2D eigenvalue weighted by Gasteiger charge is -2.19. The van der Waals surface area contributed by atoms with Gasteiger partial charge in [-0.3, -0.25) is 9.78 Å². The smallest absolute Gasteiger partial charge is 0.386 e. The maximum Gasteiger partial charge on any atom is 0.433 e. The number of alkyl halides is 3. The highest BCUT2D eigenvalue weighted by Gasteiger charge is 2.33.